The molecular weight excluding hydrogens is 362 g/mol. The number of para-hydroxylation sites is 1. The second-order valence-electron chi connectivity index (χ2n) is 7.26. The van der Waals surface area contributed by atoms with Gasteiger partial charge < -0.3 is 4.90 Å². The van der Waals surface area contributed by atoms with Gasteiger partial charge in [0.1, 0.15) is 5.82 Å². The van der Waals surface area contributed by atoms with Crippen LogP contribution in [-0.4, -0.2) is 26.9 Å². The Morgan fingerprint density at radius 1 is 1.07 bits per heavy atom. The van der Waals surface area contributed by atoms with Crippen molar-refractivity contribution in [2.45, 2.75) is 53.0 Å². The number of benzene rings is 2. The van der Waals surface area contributed by atoms with E-state index in [9.17, 15) is 9.59 Å². The number of rotatable bonds is 7. The van der Waals surface area contributed by atoms with E-state index in [0.29, 0.717) is 29.7 Å². The zero-order valence-corrected chi connectivity index (χ0v) is 17.7. The molecule has 5 heteroatoms. The molecule has 0 radical (unpaired) electrons. The zero-order valence-electron chi connectivity index (χ0n) is 17.7. The van der Waals surface area contributed by atoms with Crippen molar-refractivity contribution in [2.75, 3.05) is 6.54 Å². The Hall–Kier alpha value is -2.95. The molecule has 0 aliphatic carbocycles. The van der Waals surface area contributed by atoms with Crippen LogP contribution in [0.2, 0.25) is 0 Å². The van der Waals surface area contributed by atoms with Crippen LogP contribution in [0.15, 0.2) is 53.3 Å². The lowest BCUT2D eigenvalue weighted by atomic mass is 10.1. The Morgan fingerprint density at radius 3 is 2.38 bits per heavy atom. The minimum atomic E-state index is -0.314. The molecule has 3 aromatic rings. The predicted octanol–water partition coefficient (Wildman–Crippen LogP) is 4.66. The average Bonchev–Trinajstić information content (AvgIpc) is 2.76. The number of carbonyl (C=O) groups excluding carboxylic acids is 1. The fourth-order valence-corrected chi connectivity index (χ4v) is 3.68. The van der Waals surface area contributed by atoms with Gasteiger partial charge in [-0.25, -0.2) is 4.98 Å². The van der Waals surface area contributed by atoms with Crippen LogP contribution >= 0.6 is 0 Å². The van der Waals surface area contributed by atoms with E-state index in [-0.39, 0.29) is 17.5 Å². The molecule has 2 aromatic carbocycles. The fraction of sp³-hybridized carbons (Fsp3) is 0.375. The van der Waals surface area contributed by atoms with Gasteiger partial charge in [-0.05, 0) is 49.6 Å². The molecule has 1 heterocycles. The molecule has 29 heavy (non-hydrogen) atoms. The summed E-state index contributed by atoms with van der Waals surface area (Å²) in [7, 11) is 0. The summed E-state index contributed by atoms with van der Waals surface area (Å²) in [5.41, 5.74) is 2.52. The molecular formula is C24H29N3O2. The van der Waals surface area contributed by atoms with E-state index in [1.54, 1.807) is 10.6 Å². The molecule has 0 aliphatic rings. The predicted molar refractivity (Wildman–Crippen MR) is 117 cm³/mol. The van der Waals surface area contributed by atoms with Gasteiger partial charge in [0.25, 0.3) is 5.56 Å². The molecule has 1 unspecified atom stereocenters. The first-order valence-corrected chi connectivity index (χ1v) is 10.4. The fourth-order valence-electron chi connectivity index (χ4n) is 3.68. The van der Waals surface area contributed by atoms with Gasteiger partial charge in [0, 0.05) is 13.0 Å². The van der Waals surface area contributed by atoms with E-state index in [2.05, 4.69) is 6.92 Å². The first kappa shape index (κ1) is 20.8. The van der Waals surface area contributed by atoms with Gasteiger partial charge in [0.05, 0.1) is 22.6 Å². The van der Waals surface area contributed by atoms with Gasteiger partial charge in [0.2, 0.25) is 5.91 Å². The Kier molecular flexibility index (Phi) is 6.47. The molecule has 0 saturated carbocycles. The SMILES string of the molecule is CCCN(C(=O)CC)C(C)c1nc2ccccc2c(=O)n1-c1ccc(CC)cc1. The molecule has 0 aliphatic heterocycles. The lowest BCUT2D eigenvalue weighted by molar-refractivity contribution is -0.133. The summed E-state index contributed by atoms with van der Waals surface area (Å²) in [6.45, 7) is 8.60. The summed E-state index contributed by atoms with van der Waals surface area (Å²) < 4.78 is 1.66. The molecule has 0 saturated heterocycles. The van der Waals surface area contributed by atoms with Crippen molar-refractivity contribution < 1.29 is 4.79 Å². The monoisotopic (exact) mass is 391 g/mol. The highest BCUT2D eigenvalue weighted by Gasteiger charge is 2.25. The molecule has 0 bridgehead atoms. The number of aryl methyl sites for hydroxylation is 1. The number of carbonyl (C=O) groups is 1. The van der Waals surface area contributed by atoms with Crippen molar-refractivity contribution in [3.63, 3.8) is 0 Å². The van der Waals surface area contributed by atoms with Crippen LogP contribution in [-0.2, 0) is 11.2 Å². The van der Waals surface area contributed by atoms with Crippen LogP contribution in [0.5, 0.6) is 0 Å². The second kappa shape index (κ2) is 9.03. The zero-order chi connectivity index (χ0) is 21.0. The first-order valence-electron chi connectivity index (χ1n) is 10.4. The quantitative estimate of drug-likeness (QED) is 0.589. The van der Waals surface area contributed by atoms with Gasteiger partial charge >= 0.3 is 0 Å². The normalized spacial score (nSPS) is 12.1. The summed E-state index contributed by atoms with van der Waals surface area (Å²) in [6, 6.07) is 15.1. The maximum absolute atomic E-state index is 13.4. The van der Waals surface area contributed by atoms with E-state index in [1.807, 2.05) is 68.1 Å². The Balaban J connectivity index is 2.26. The molecule has 152 valence electrons. The Bertz CT molecular complexity index is 1050. The standard InChI is InChI=1S/C24H29N3O2/c1-5-16-26(22(28)7-3)17(4)23-25-21-11-9-8-10-20(21)24(29)27(23)19-14-12-18(6-2)13-15-19/h8-15,17H,5-7,16H2,1-4H3. The summed E-state index contributed by atoms with van der Waals surface area (Å²) in [6.07, 6.45) is 2.20. The molecule has 1 aromatic heterocycles. The van der Waals surface area contributed by atoms with Crippen LogP contribution in [0.25, 0.3) is 16.6 Å². The van der Waals surface area contributed by atoms with Gasteiger partial charge in [-0.3, -0.25) is 14.2 Å². The third-order valence-electron chi connectivity index (χ3n) is 5.33. The van der Waals surface area contributed by atoms with Crippen molar-refractivity contribution >= 4 is 16.8 Å². The van der Waals surface area contributed by atoms with Gasteiger partial charge in [-0.1, -0.05) is 45.0 Å². The maximum Gasteiger partial charge on any atom is 0.266 e. The highest BCUT2D eigenvalue weighted by atomic mass is 16.2. The Morgan fingerprint density at radius 2 is 1.76 bits per heavy atom. The first-order chi connectivity index (χ1) is 14.0. The number of nitrogens with zero attached hydrogens (tertiary/aromatic N) is 3. The van der Waals surface area contributed by atoms with Crippen molar-refractivity contribution in [1.29, 1.82) is 0 Å². The summed E-state index contributed by atoms with van der Waals surface area (Å²) in [5, 5.41) is 0.576. The van der Waals surface area contributed by atoms with E-state index in [4.69, 9.17) is 4.98 Å². The number of fused-ring (bicyclic) bond motifs is 1. The van der Waals surface area contributed by atoms with E-state index >= 15 is 0 Å². The lowest BCUT2D eigenvalue weighted by Crippen LogP contribution is -2.37. The average molecular weight is 392 g/mol. The second-order valence-corrected chi connectivity index (χ2v) is 7.26. The summed E-state index contributed by atoms with van der Waals surface area (Å²) >= 11 is 0. The third kappa shape index (κ3) is 4.09. The smallest absolute Gasteiger partial charge is 0.266 e. The van der Waals surface area contributed by atoms with Crippen molar-refractivity contribution in [3.05, 3.63) is 70.3 Å². The topological polar surface area (TPSA) is 55.2 Å². The number of hydrogen-bond acceptors (Lipinski definition) is 3. The largest absolute Gasteiger partial charge is 0.333 e. The van der Waals surface area contributed by atoms with E-state index in [1.165, 1.54) is 5.56 Å². The number of aromatic nitrogens is 2. The minimum absolute atomic E-state index is 0.0645. The third-order valence-corrected chi connectivity index (χ3v) is 5.33. The maximum atomic E-state index is 13.4. The number of amides is 1. The molecule has 0 fully saturated rings. The van der Waals surface area contributed by atoms with Crippen LogP contribution in [0.3, 0.4) is 0 Å². The number of hydrogen-bond donors (Lipinski definition) is 0. The van der Waals surface area contributed by atoms with Gasteiger partial charge in [0.15, 0.2) is 0 Å². The molecule has 1 atom stereocenters. The van der Waals surface area contributed by atoms with E-state index in [0.717, 1.165) is 18.5 Å². The lowest BCUT2D eigenvalue weighted by Gasteiger charge is -2.30. The molecule has 0 N–H and O–H groups in total. The van der Waals surface area contributed by atoms with E-state index < -0.39 is 0 Å². The van der Waals surface area contributed by atoms with Crippen LogP contribution < -0.4 is 5.56 Å². The summed E-state index contributed by atoms with van der Waals surface area (Å²) in [5.74, 6) is 0.655. The van der Waals surface area contributed by atoms with Crippen molar-refractivity contribution in [3.8, 4) is 5.69 Å². The Labute approximate surface area is 172 Å². The molecule has 3 rings (SSSR count). The molecule has 5 nitrogen and oxygen atoms in total. The highest BCUT2D eigenvalue weighted by Crippen LogP contribution is 2.24. The van der Waals surface area contributed by atoms with Crippen LogP contribution in [0, 0.1) is 0 Å². The summed E-state index contributed by atoms with van der Waals surface area (Å²) in [4.78, 5) is 32.7. The molecule has 1 amide bonds. The van der Waals surface area contributed by atoms with Gasteiger partial charge in [-0.15, -0.1) is 0 Å². The van der Waals surface area contributed by atoms with Crippen LogP contribution in [0.4, 0.5) is 0 Å². The van der Waals surface area contributed by atoms with Crippen LogP contribution in [0.1, 0.15) is 58.0 Å². The van der Waals surface area contributed by atoms with Crippen molar-refractivity contribution in [1.82, 2.24) is 14.5 Å². The highest BCUT2D eigenvalue weighted by molar-refractivity contribution is 5.78. The molecule has 0 spiro atoms. The van der Waals surface area contributed by atoms with Crippen molar-refractivity contribution in [2.24, 2.45) is 0 Å². The van der Waals surface area contributed by atoms with Gasteiger partial charge in [-0.2, -0.15) is 0 Å². The minimum Gasteiger partial charge on any atom is -0.333 e.